The predicted octanol–water partition coefficient (Wildman–Crippen LogP) is 0.259. The molecule has 84 valence electrons. The third kappa shape index (κ3) is 2.18. The van der Waals surface area contributed by atoms with Gasteiger partial charge in [-0.15, -0.1) is 0 Å². The van der Waals surface area contributed by atoms with Gasteiger partial charge in [-0.05, 0) is 12.8 Å². The van der Waals surface area contributed by atoms with Gasteiger partial charge < -0.3 is 5.73 Å². The molecule has 0 aromatic rings. The summed E-state index contributed by atoms with van der Waals surface area (Å²) in [6, 6.07) is -0.499. The Morgan fingerprint density at radius 1 is 1.36 bits per heavy atom. The van der Waals surface area contributed by atoms with E-state index in [-0.39, 0.29) is 13.1 Å². The van der Waals surface area contributed by atoms with E-state index < -0.39 is 21.6 Å². The number of alkyl halides is 3. The van der Waals surface area contributed by atoms with Crippen molar-refractivity contribution in [3.8, 4) is 0 Å². The highest BCUT2D eigenvalue weighted by Gasteiger charge is 2.50. The second kappa shape index (κ2) is 3.67. The van der Waals surface area contributed by atoms with E-state index in [9.17, 15) is 21.6 Å². The van der Waals surface area contributed by atoms with Crippen LogP contribution in [0.3, 0.4) is 0 Å². The Morgan fingerprint density at radius 3 is 2.36 bits per heavy atom. The molecule has 1 fully saturated rings. The van der Waals surface area contributed by atoms with E-state index in [0.29, 0.717) is 17.1 Å². The Hall–Kier alpha value is -0.340. The van der Waals surface area contributed by atoms with Gasteiger partial charge in [0.15, 0.2) is 0 Å². The van der Waals surface area contributed by atoms with E-state index in [2.05, 4.69) is 0 Å². The molecule has 1 unspecified atom stereocenters. The fourth-order valence-corrected chi connectivity index (χ4v) is 2.39. The summed E-state index contributed by atoms with van der Waals surface area (Å²) in [5.74, 6) is 0. The molecule has 1 saturated heterocycles. The van der Waals surface area contributed by atoms with E-state index in [1.807, 2.05) is 0 Å². The van der Waals surface area contributed by atoms with Gasteiger partial charge >= 0.3 is 15.5 Å². The van der Waals surface area contributed by atoms with Crippen LogP contribution in [-0.2, 0) is 10.0 Å². The van der Waals surface area contributed by atoms with Crippen molar-refractivity contribution in [2.75, 3.05) is 13.1 Å². The van der Waals surface area contributed by atoms with Crippen LogP contribution in [0.25, 0.3) is 0 Å². The molecule has 0 amide bonds. The van der Waals surface area contributed by atoms with Crippen molar-refractivity contribution in [2.24, 2.45) is 5.73 Å². The standard InChI is InChI=1S/C6H11F3N2O2S/c7-6(8,9)14(12,13)11-3-1-2-5(10)4-11/h5H,1-4,10H2. The highest BCUT2D eigenvalue weighted by molar-refractivity contribution is 7.90. The summed E-state index contributed by atoms with van der Waals surface area (Å²) in [7, 11) is -5.18. The third-order valence-electron chi connectivity index (χ3n) is 2.05. The summed E-state index contributed by atoms with van der Waals surface area (Å²) in [6.45, 7) is -0.350. The summed E-state index contributed by atoms with van der Waals surface area (Å²) < 4.78 is 58.4. The van der Waals surface area contributed by atoms with Crippen LogP contribution in [0.5, 0.6) is 0 Å². The zero-order valence-corrected chi connectivity index (χ0v) is 8.11. The molecule has 0 aromatic heterocycles. The number of sulfonamides is 1. The van der Waals surface area contributed by atoms with Crippen molar-refractivity contribution in [1.82, 2.24) is 4.31 Å². The molecule has 8 heteroatoms. The molecule has 1 aliphatic rings. The quantitative estimate of drug-likeness (QED) is 0.705. The summed E-state index contributed by atoms with van der Waals surface area (Å²) in [5.41, 5.74) is 0.173. The average Bonchev–Trinajstić information content (AvgIpc) is 2.02. The molecule has 14 heavy (non-hydrogen) atoms. The van der Waals surface area contributed by atoms with Gasteiger partial charge in [-0.2, -0.15) is 17.5 Å². The maximum Gasteiger partial charge on any atom is 0.511 e. The molecular weight excluding hydrogens is 221 g/mol. The van der Waals surface area contributed by atoms with Crippen LogP contribution in [0.15, 0.2) is 0 Å². The van der Waals surface area contributed by atoms with Gasteiger partial charge in [0.1, 0.15) is 0 Å². The smallest absolute Gasteiger partial charge is 0.327 e. The molecule has 4 nitrogen and oxygen atoms in total. The first-order valence-corrected chi connectivity index (χ1v) is 5.51. The largest absolute Gasteiger partial charge is 0.511 e. The molecule has 0 aromatic carbocycles. The van der Waals surface area contributed by atoms with Crippen LogP contribution in [0.1, 0.15) is 12.8 Å². The fraction of sp³-hybridized carbons (Fsp3) is 1.00. The topological polar surface area (TPSA) is 63.4 Å². The van der Waals surface area contributed by atoms with Crippen LogP contribution < -0.4 is 5.73 Å². The number of nitrogens with zero attached hydrogens (tertiary/aromatic N) is 1. The monoisotopic (exact) mass is 232 g/mol. The Morgan fingerprint density at radius 2 is 1.93 bits per heavy atom. The number of nitrogens with two attached hydrogens (primary N) is 1. The SMILES string of the molecule is NC1CCCN(S(=O)(=O)C(F)(F)F)C1. The third-order valence-corrected chi connectivity index (χ3v) is 3.65. The van der Waals surface area contributed by atoms with Gasteiger partial charge in [0, 0.05) is 19.1 Å². The second-order valence-corrected chi connectivity index (χ2v) is 5.14. The first kappa shape index (κ1) is 11.7. The molecule has 0 spiro atoms. The molecule has 1 aliphatic heterocycles. The molecule has 1 heterocycles. The van der Waals surface area contributed by atoms with Gasteiger partial charge in [-0.25, -0.2) is 8.42 Å². The van der Waals surface area contributed by atoms with E-state index in [0.717, 1.165) is 0 Å². The maximum absolute atomic E-state index is 12.1. The van der Waals surface area contributed by atoms with Crippen LogP contribution in [-0.4, -0.2) is 37.4 Å². The van der Waals surface area contributed by atoms with E-state index in [1.165, 1.54) is 0 Å². The van der Waals surface area contributed by atoms with Crippen molar-refractivity contribution >= 4 is 10.0 Å². The Labute approximate surface area is 79.9 Å². The van der Waals surface area contributed by atoms with Gasteiger partial charge in [-0.1, -0.05) is 0 Å². The zero-order valence-electron chi connectivity index (χ0n) is 7.29. The lowest BCUT2D eigenvalue weighted by molar-refractivity contribution is -0.0494. The minimum absolute atomic E-state index is 0.102. The highest BCUT2D eigenvalue weighted by Crippen LogP contribution is 2.28. The van der Waals surface area contributed by atoms with Gasteiger partial charge in [-0.3, -0.25) is 0 Å². The summed E-state index contributed by atoms with van der Waals surface area (Å²) in [6.07, 6.45) is 0.931. The Balaban J connectivity index is 2.83. The van der Waals surface area contributed by atoms with Crippen molar-refractivity contribution in [3.63, 3.8) is 0 Å². The van der Waals surface area contributed by atoms with Crippen LogP contribution in [0.4, 0.5) is 13.2 Å². The van der Waals surface area contributed by atoms with Gasteiger partial charge in [0.25, 0.3) is 0 Å². The lowest BCUT2D eigenvalue weighted by atomic mass is 10.1. The maximum atomic E-state index is 12.1. The number of piperidine rings is 1. The van der Waals surface area contributed by atoms with Crippen molar-refractivity contribution < 1.29 is 21.6 Å². The summed E-state index contributed by atoms with van der Waals surface area (Å²) >= 11 is 0. The van der Waals surface area contributed by atoms with E-state index in [4.69, 9.17) is 5.73 Å². The van der Waals surface area contributed by atoms with Crippen molar-refractivity contribution in [3.05, 3.63) is 0 Å². The number of hydrogen-bond donors (Lipinski definition) is 1. The van der Waals surface area contributed by atoms with Crippen molar-refractivity contribution in [2.45, 2.75) is 24.4 Å². The Bertz CT molecular complexity index is 301. The normalized spacial score (nSPS) is 26.4. The van der Waals surface area contributed by atoms with Crippen LogP contribution >= 0.6 is 0 Å². The first-order chi connectivity index (χ1) is 6.25. The molecule has 0 bridgehead atoms. The molecular formula is C6H11F3N2O2S. The number of halogens is 3. The van der Waals surface area contributed by atoms with Gasteiger partial charge in [0.2, 0.25) is 0 Å². The molecule has 0 saturated carbocycles. The van der Waals surface area contributed by atoms with Gasteiger partial charge in [0.05, 0.1) is 0 Å². The van der Waals surface area contributed by atoms with E-state index >= 15 is 0 Å². The molecule has 1 atom stereocenters. The minimum atomic E-state index is -5.22. The Kier molecular flexibility index (Phi) is 3.07. The molecule has 1 rings (SSSR count). The summed E-state index contributed by atoms with van der Waals surface area (Å²) in [5, 5.41) is 0. The lowest BCUT2D eigenvalue weighted by Gasteiger charge is -2.30. The van der Waals surface area contributed by atoms with Crippen LogP contribution in [0, 0.1) is 0 Å². The second-order valence-electron chi connectivity index (χ2n) is 3.21. The molecule has 0 aliphatic carbocycles. The highest BCUT2D eigenvalue weighted by atomic mass is 32.2. The van der Waals surface area contributed by atoms with E-state index in [1.54, 1.807) is 0 Å². The predicted molar refractivity (Wildman–Crippen MR) is 43.8 cm³/mol. The molecule has 2 N–H and O–H groups in total. The summed E-state index contributed by atoms with van der Waals surface area (Å²) in [4.78, 5) is 0. The lowest BCUT2D eigenvalue weighted by Crippen LogP contribution is -2.49. The number of hydrogen-bond acceptors (Lipinski definition) is 3. The average molecular weight is 232 g/mol. The zero-order chi connectivity index (χ0) is 11.0. The fourth-order valence-electron chi connectivity index (χ4n) is 1.34. The van der Waals surface area contributed by atoms with Crippen molar-refractivity contribution in [1.29, 1.82) is 0 Å². The first-order valence-electron chi connectivity index (χ1n) is 4.07. The minimum Gasteiger partial charge on any atom is -0.327 e. The molecule has 0 radical (unpaired) electrons. The van der Waals surface area contributed by atoms with Crippen LogP contribution in [0.2, 0.25) is 0 Å². The number of rotatable bonds is 1.